The molecule has 0 aromatic carbocycles. The first-order valence-corrected chi connectivity index (χ1v) is 9.30. The molecule has 0 spiro atoms. The van der Waals surface area contributed by atoms with Crippen molar-refractivity contribution in [3.63, 3.8) is 0 Å². The number of rotatable bonds is 6. The van der Waals surface area contributed by atoms with E-state index in [0.29, 0.717) is 0 Å². The van der Waals surface area contributed by atoms with Crippen molar-refractivity contribution in [1.29, 1.82) is 0 Å². The molecule has 0 amide bonds. The van der Waals surface area contributed by atoms with E-state index in [4.69, 9.17) is 53.8 Å². The third-order valence-corrected chi connectivity index (χ3v) is 5.37. The van der Waals surface area contributed by atoms with Crippen LogP contribution in [0.2, 0.25) is 0 Å². The molecule has 2 fully saturated rings. The largest absolute Gasteiger partial charge is 0.463 e. The van der Waals surface area contributed by atoms with Gasteiger partial charge in [-0.05, 0) is 0 Å². The van der Waals surface area contributed by atoms with E-state index in [2.05, 4.69) is 0 Å². The standard InChI is InChI=1S/C14H21Cl3O9/c1-5(18)23-4-7-9(17)10(19)11(20)13(25-7)26-14(22)8(3-16)24-6(2-15)12(14)21/h6-13,19-22H,2-4H2,1H3/t6?,7?,8?,9?,10?,11-,12?,13?,14?/m0/s1. The van der Waals surface area contributed by atoms with Gasteiger partial charge >= 0.3 is 5.97 Å². The lowest BCUT2D eigenvalue weighted by Gasteiger charge is -2.43. The highest BCUT2D eigenvalue weighted by Crippen LogP contribution is 2.37. The molecule has 2 rings (SSSR count). The molecule has 0 aliphatic carbocycles. The Kier molecular flexibility index (Phi) is 7.77. The van der Waals surface area contributed by atoms with Gasteiger partial charge in [0.05, 0.1) is 17.1 Å². The molecule has 2 aliphatic rings. The molecule has 2 saturated heterocycles. The summed E-state index contributed by atoms with van der Waals surface area (Å²) in [5, 5.41) is 40.1. The van der Waals surface area contributed by atoms with E-state index in [1.54, 1.807) is 0 Å². The lowest BCUT2D eigenvalue weighted by Crippen LogP contribution is -2.62. The molecule has 4 N–H and O–H groups in total. The average Bonchev–Trinajstić information content (AvgIpc) is 2.84. The highest BCUT2D eigenvalue weighted by atomic mass is 35.5. The Hall–Kier alpha value is 0.0600. The minimum Gasteiger partial charge on any atom is -0.463 e. The Morgan fingerprint density at radius 1 is 1.12 bits per heavy atom. The van der Waals surface area contributed by atoms with Crippen molar-refractivity contribution in [3.8, 4) is 0 Å². The summed E-state index contributed by atoms with van der Waals surface area (Å²) >= 11 is 17.4. The van der Waals surface area contributed by atoms with Crippen LogP contribution in [0.3, 0.4) is 0 Å². The first-order chi connectivity index (χ1) is 12.2. The van der Waals surface area contributed by atoms with E-state index < -0.39 is 60.0 Å². The average molecular weight is 440 g/mol. The lowest BCUT2D eigenvalue weighted by atomic mass is 10.0. The summed E-state index contributed by atoms with van der Waals surface area (Å²) < 4.78 is 20.9. The van der Waals surface area contributed by atoms with Gasteiger partial charge in [0.1, 0.15) is 43.2 Å². The molecule has 0 radical (unpaired) electrons. The SMILES string of the molecule is CC(=O)OCC1OC(OC2(O)C(CCl)OC(CCl)C2O)[C@@H](O)C(O)C1Cl. The molecule has 26 heavy (non-hydrogen) atoms. The number of carbonyl (C=O) groups excluding carboxylic acids is 1. The zero-order valence-electron chi connectivity index (χ0n) is 13.7. The van der Waals surface area contributed by atoms with Gasteiger partial charge in [-0.15, -0.1) is 34.8 Å². The van der Waals surface area contributed by atoms with Crippen LogP contribution in [-0.4, -0.2) is 98.8 Å². The number of hydrogen-bond donors (Lipinski definition) is 4. The van der Waals surface area contributed by atoms with Crippen LogP contribution in [0.1, 0.15) is 6.92 Å². The van der Waals surface area contributed by atoms with E-state index in [9.17, 15) is 25.2 Å². The van der Waals surface area contributed by atoms with Crippen molar-refractivity contribution < 1.29 is 44.2 Å². The Balaban J connectivity index is 2.16. The second kappa shape index (κ2) is 9.04. The van der Waals surface area contributed by atoms with Crippen LogP contribution in [0.4, 0.5) is 0 Å². The molecule has 8 unspecified atom stereocenters. The third-order valence-electron chi connectivity index (χ3n) is 4.24. The Bertz CT molecular complexity index is 494. The molecule has 0 aromatic rings. The number of aliphatic hydroxyl groups is 4. The summed E-state index contributed by atoms with van der Waals surface area (Å²) in [6, 6.07) is 0. The molecule has 2 aliphatic heterocycles. The molecule has 0 aromatic heterocycles. The van der Waals surface area contributed by atoms with Gasteiger partial charge in [-0.25, -0.2) is 0 Å². The normalized spacial score (nSPS) is 46.3. The van der Waals surface area contributed by atoms with E-state index in [0.717, 1.165) is 0 Å². The van der Waals surface area contributed by atoms with Crippen molar-refractivity contribution in [3.05, 3.63) is 0 Å². The van der Waals surface area contributed by atoms with Crippen LogP contribution in [0, 0.1) is 0 Å². The van der Waals surface area contributed by atoms with Crippen molar-refractivity contribution >= 4 is 40.8 Å². The summed E-state index contributed by atoms with van der Waals surface area (Å²) in [6.45, 7) is 0.867. The lowest BCUT2D eigenvalue weighted by molar-refractivity contribution is -0.366. The van der Waals surface area contributed by atoms with Gasteiger partial charge in [0, 0.05) is 6.92 Å². The minimum atomic E-state index is -2.35. The quantitative estimate of drug-likeness (QED) is 0.231. The molecule has 152 valence electrons. The zero-order valence-corrected chi connectivity index (χ0v) is 16.0. The molecular formula is C14H21Cl3O9. The summed E-state index contributed by atoms with van der Waals surface area (Å²) in [6.07, 6.45) is -9.54. The molecule has 9 atom stereocenters. The predicted molar refractivity (Wildman–Crippen MR) is 89.1 cm³/mol. The maximum Gasteiger partial charge on any atom is 0.302 e. The van der Waals surface area contributed by atoms with Gasteiger partial charge in [0.15, 0.2) is 6.29 Å². The molecule has 0 bridgehead atoms. The van der Waals surface area contributed by atoms with Gasteiger partial charge in [-0.3, -0.25) is 4.79 Å². The summed E-state index contributed by atoms with van der Waals surface area (Å²) in [5.74, 6) is -3.34. The highest BCUT2D eigenvalue weighted by Gasteiger charge is 2.59. The Labute approximate surface area is 164 Å². The van der Waals surface area contributed by atoms with Crippen LogP contribution >= 0.6 is 34.8 Å². The molecular weight excluding hydrogens is 419 g/mol. The maximum absolute atomic E-state index is 11.0. The minimum absolute atomic E-state index is 0.143. The zero-order chi connectivity index (χ0) is 19.6. The molecule has 9 nitrogen and oxygen atoms in total. The number of alkyl halides is 3. The van der Waals surface area contributed by atoms with Gasteiger partial charge in [-0.1, -0.05) is 0 Å². The Morgan fingerprint density at radius 3 is 2.31 bits per heavy atom. The topological polar surface area (TPSA) is 135 Å². The van der Waals surface area contributed by atoms with Crippen LogP contribution in [-0.2, 0) is 23.7 Å². The van der Waals surface area contributed by atoms with Crippen LogP contribution in [0.25, 0.3) is 0 Å². The monoisotopic (exact) mass is 438 g/mol. The van der Waals surface area contributed by atoms with E-state index >= 15 is 0 Å². The van der Waals surface area contributed by atoms with Crippen molar-refractivity contribution in [2.24, 2.45) is 0 Å². The first kappa shape index (κ1) is 22.4. The van der Waals surface area contributed by atoms with Gasteiger partial charge < -0.3 is 39.4 Å². The Morgan fingerprint density at radius 2 is 1.77 bits per heavy atom. The highest BCUT2D eigenvalue weighted by molar-refractivity contribution is 6.21. The van der Waals surface area contributed by atoms with Crippen molar-refractivity contribution in [1.82, 2.24) is 0 Å². The second-order valence-electron chi connectivity index (χ2n) is 6.06. The fourth-order valence-corrected chi connectivity index (χ4v) is 3.58. The van der Waals surface area contributed by atoms with Gasteiger partial charge in [0.2, 0.25) is 5.79 Å². The predicted octanol–water partition coefficient (Wildman–Crippen LogP) is -1.09. The van der Waals surface area contributed by atoms with Crippen molar-refractivity contribution in [2.75, 3.05) is 18.4 Å². The number of esters is 1. The summed E-state index contributed by atoms with van der Waals surface area (Å²) in [7, 11) is 0. The molecule has 2 heterocycles. The van der Waals surface area contributed by atoms with E-state index in [1.165, 1.54) is 6.92 Å². The maximum atomic E-state index is 11.0. The van der Waals surface area contributed by atoms with Gasteiger partial charge in [0.25, 0.3) is 0 Å². The van der Waals surface area contributed by atoms with Gasteiger partial charge in [-0.2, -0.15) is 0 Å². The number of ether oxygens (including phenoxy) is 4. The second-order valence-corrected chi connectivity index (χ2v) is 7.18. The summed E-state index contributed by atoms with van der Waals surface area (Å²) in [4.78, 5) is 11.0. The number of hydrogen-bond acceptors (Lipinski definition) is 9. The molecule has 0 saturated carbocycles. The van der Waals surface area contributed by atoms with Crippen LogP contribution in [0.5, 0.6) is 0 Å². The number of aliphatic hydroxyl groups excluding tert-OH is 3. The summed E-state index contributed by atoms with van der Waals surface area (Å²) in [5.41, 5.74) is 0. The van der Waals surface area contributed by atoms with Crippen molar-refractivity contribution in [2.45, 2.75) is 61.0 Å². The van der Waals surface area contributed by atoms with E-state index in [1.807, 2.05) is 0 Å². The van der Waals surface area contributed by atoms with Crippen LogP contribution < -0.4 is 0 Å². The number of carbonyl (C=O) groups is 1. The smallest absolute Gasteiger partial charge is 0.302 e. The van der Waals surface area contributed by atoms with E-state index in [-0.39, 0.29) is 18.4 Å². The third kappa shape index (κ3) is 4.38. The molecule has 12 heteroatoms. The number of halogens is 3. The fourth-order valence-electron chi connectivity index (χ4n) is 2.76. The first-order valence-electron chi connectivity index (χ1n) is 7.80. The fraction of sp³-hybridized carbons (Fsp3) is 0.929. The van der Waals surface area contributed by atoms with Crippen LogP contribution in [0.15, 0.2) is 0 Å².